The SMILES string of the molecule is Cn1cc(Cl)cc1C(=O)N1CCCC[C@@H]1Cn1cccn1. The predicted octanol–water partition coefficient (Wildman–Crippen LogP) is 2.57. The van der Waals surface area contributed by atoms with E-state index in [0.717, 1.165) is 32.4 Å². The van der Waals surface area contributed by atoms with Gasteiger partial charge in [0, 0.05) is 32.2 Å². The smallest absolute Gasteiger partial charge is 0.270 e. The van der Waals surface area contributed by atoms with Gasteiger partial charge in [0.1, 0.15) is 5.69 Å². The highest BCUT2D eigenvalue weighted by molar-refractivity contribution is 6.31. The lowest BCUT2D eigenvalue weighted by atomic mass is 10.0. The summed E-state index contributed by atoms with van der Waals surface area (Å²) in [4.78, 5) is 14.8. The van der Waals surface area contributed by atoms with Gasteiger partial charge in [-0.3, -0.25) is 9.48 Å². The number of hydrogen-bond donors (Lipinski definition) is 0. The van der Waals surface area contributed by atoms with Gasteiger partial charge in [0.25, 0.3) is 5.91 Å². The number of halogens is 1. The number of hydrogen-bond acceptors (Lipinski definition) is 2. The molecular weight excluding hydrogens is 288 g/mol. The maximum Gasteiger partial charge on any atom is 0.270 e. The summed E-state index contributed by atoms with van der Waals surface area (Å²) < 4.78 is 3.69. The largest absolute Gasteiger partial charge is 0.345 e. The molecule has 0 bridgehead atoms. The Morgan fingerprint density at radius 1 is 1.48 bits per heavy atom. The summed E-state index contributed by atoms with van der Waals surface area (Å²) in [5.74, 6) is 0.0567. The fourth-order valence-corrected chi connectivity index (χ4v) is 3.22. The lowest BCUT2D eigenvalue weighted by Gasteiger charge is -2.35. The standard InChI is InChI=1S/C15H19ClN4O/c1-18-10-12(16)9-14(18)15(21)20-8-3-2-5-13(20)11-19-7-4-6-17-19/h4,6-7,9-10,13H,2-3,5,8,11H2,1H3/t13-/m1/s1. The van der Waals surface area contributed by atoms with E-state index < -0.39 is 0 Å². The molecule has 1 amide bonds. The quantitative estimate of drug-likeness (QED) is 0.874. The van der Waals surface area contributed by atoms with Gasteiger partial charge in [-0.2, -0.15) is 5.10 Å². The second-order valence-electron chi connectivity index (χ2n) is 5.53. The molecule has 2 aromatic heterocycles. The van der Waals surface area contributed by atoms with Crippen molar-refractivity contribution in [3.8, 4) is 0 Å². The number of amides is 1. The Labute approximate surface area is 129 Å². The molecule has 0 radical (unpaired) electrons. The molecule has 0 N–H and O–H groups in total. The molecule has 5 nitrogen and oxygen atoms in total. The molecule has 0 spiro atoms. The van der Waals surface area contributed by atoms with Crippen molar-refractivity contribution in [1.29, 1.82) is 0 Å². The van der Waals surface area contributed by atoms with Crippen molar-refractivity contribution in [3.05, 3.63) is 41.4 Å². The van der Waals surface area contributed by atoms with Gasteiger partial charge in [-0.1, -0.05) is 11.6 Å². The number of aromatic nitrogens is 3. The summed E-state index contributed by atoms with van der Waals surface area (Å²) in [6, 6.07) is 3.84. The monoisotopic (exact) mass is 306 g/mol. The molecule has 1 aliphatic heterocycles. The number of carbonyl (C=O) groups is 1. The number of nitrogens with zero attached hydrogens (tertiary/aromatic N) is 4. The highest BCUT2D eigenvalue weighted by Crippen LogP contribution is 2.22. The summed E-state index contributed by atoms with van der Waals surface area (Å²) in [6.45, 7) is 1.55. The van der Waals surface area contributed by atoms with Crippen molar-refractivity contribution in [3.63, 3.8) is 0 Å². The van der Waals surface area contributed by atoms with Gasteiger partial charge in [-0.25, -0.2) is 0 Å². The topological polar surface area (TPSA) is 43.1 Å². The minimum Gasteiger partial charge on any atom is -0.345 e. The molecule has 0 unspecified atom stereocenters. The zero-order valence-electron chi connectivity index (χ0n) is 12.1. The Balaban J connectivity index is 1.80. The van der Waals surface area contributed by atoms with Gasteiger partial charge in [0.15, 0.2) is 0 Å². The minimum atomic E-state index is 0.0567. The van der Waals surface area contributed by atoms with E-state index in [1.807, 2.05) is 28.9 Å². The van der Waals surface area contributed by atoms with Gasteiger partial charge in [0.05, 0.1) is 17.6 Å². The summed E-state index contributed by atoms with van der Waals surface area (Å²) >= 11 is 5.99. The van der Waals surface area contributed by atoms with Gasteiger partial charge >= 0.3 is 0 Å². The molecule has 3 heterocycles. The molecule has 1 saturated heterocycles. The molecule has 21 heavy (non-hydrogen) atoms. The fourth-order valence-electron chi connectivity index (χ4n) is 2.97. The zero-order valence-corrected chi connectivity index (χ0v) is 12.8. The molecule has 1 fully saturated rings. The molecule has 3 rings (SSSR count). The lowest BCUT2D eigenvalue weighted by molar-refractivity contribution is 0.0574. The lowest BCUT2D eigenvalue weighted by Crippen LogP contribution is -2.46. The second-order valence-corrected chi connectivity index (χ2v) is 5.97. The van der Waals surface area contributed by atoms with Gasteiger partial charge in [-0.05, 0) is 31.4 Å². The van der Waals surface area contributed by atoms with E-state index in [2.05, 4.69) is 5.10 Å². The van der Waals surface area contributed by atoms with E-state index in [1.54, 1.807) is 23.0 Å². The van der Waals surface area contributed by atoms with Crippen LogP contribution < -0.4 is 0 Å². The van der Waals surface area contributed by atoms with Crippen LogP contribution in [0, 0.1) is 0 Å². The van der Waals surface area contributed by atoms with E-state index in [1.165, 1.54) is 0 Å². The van der Waals surface area contributed by atoms with Crippen LogP contribution in [-0.4, -0.2) is 37.7 Å². The molecule has 1 atom stereocenters. The first kappa shape index (κ1) is 14.2. The number of aryl methyl sites for hydroxylation is 1. The van der Waals surface area contributed by atoms with E-state index in [0.29, 0.717) is 10.7 Å². The molecular formula is C15H19ClN4O. The molecule has 0 aromatic carbocycles. The molecule has 0 saturated carbocycles. The summed E-state index contributed by atoms with van der Waals surface area (Å²) in [5, 5.41) is 4.85. The first-order chi connectivity index (χ1) is 10.1. The van der Waals surface area contributed by atoms with Crippen LogP contribution >= 0.6 is 11.6 Å². The van der Waals surface area contributed by atoms with Crippen LogP contribution in [0.25, 0.3) is 0 Å². The van der Waals surface area contributed by atoms with Crippen molar-refractivity contribution in [2.24, 2.45) is 7.05 Å². The van der Waals surface area contributed by atoms with Crippen molar-refractivity contribution in [2.45, 2.75) is 31.8 Å². The van der Waals surface area contributed by atoms with Gasteiger partial charge in [0.2, 0.25) is 0 Å². The van der Waals surface area contributed by atoms with Crippen molar-refractivity contribution < 1.29 is 4.79 Å². The number of carbonyl (C=O) groups excluding carboxylic acids is 1. The first-order valence-corrected chi connectivity index (χ1v) is 7.63. The van der Waals surface area contributed by atoms with Crippen LogP contribution in [0.3, 0.4) is 0 Å². The molecule has 0 aliphatic carbocycles. The normalized spacial score (nSPS) is 19.0. The third-order valence-electron chi connectivity index (χ3n) is 4.04. The Kier molecular flexibility index (Phi) is 4.01. The van der Waals surface area contributed by atoms with Crippen LogP contribution in [-0.2, 0) is 13.6 Å². The Morgan fingerprint density at radius 2 is 2.33 bits per heavy atom. The Morgan fingerprint density at radius 3 is 3.00 bits per heavy atom. The molecule has 2 aromatic rings. The summed E-state index contributed by atoms with van der Waals surface area (Å²) in [7, 11) is 1.85. The van der Waals surface area contributed by atoms with Crippen molar-refractivity contribution in [2.75, 3.05) is 6.54 Å². The summed E-state index contributed by atoms with van der Waals surface area (Å²) in [5.41, 5.74) is 0.646. The van der Waals surface area contributed by atoms with E-state index in [9.17, 15) is 4.79 Å². The average molecular weight is 307 g/mol. The number of piperidine rings is 1. The third kappa shape index (κ3) is 2.97. The van der Waals surface area contributed by atoms with Crippen LogP contribution in [0.15, 0.2) is 30.7 Å². The van der Waals surface area contributed by atoms with Crippen molar-refractivity contribution in [1.82, 2.24) is 19.2 Å². The van der Waals surface area contributed by atoms with Crippen molar-refractivity contribution >= 4 is 17.5 Å². The highest BCUT2D eigenvalue weighted by Gasteiger charge is 2.29. The zero-order chi connectivity index (χ0) is 14.8. The predicted molar refractivity (Wildman–Crippen MR) is 81.3 cm³/mol. The van der Waals surface area contributed by atoms with Crippen LogP contribution in [0.2, 0.25) is 5.02 Å². The van der Waals surface area contributed by atoms with Crippen LogP contribution in [0.1, 0.15) is 29.8 Å². The van der Waals surface area contributed by atoms with E-state index >= 15 is 0 Å². The molecule has 112 valence electrons. The van der Waals surface area contributed by atoms with E-state index in [-0.39, 0.29) is 11.9 Å². The second kappa shape index (κ2) is 5.93. The highest BCUT2D eigenvalue weighted by atomic mass is 35.5. The third-order valence-corrected chi connectivity index (χ3v) is 4.24. The Hall–Kier alpha value is -1.75. The maximum absolute atomic E-state index is 12.8. The van der Waals surface area contributed by atoms with Crippen LogP contribution in [0.5, 0.6) is 0 Å². The van der Waals surface area contributed by atoms with Gasteiger partial charge < -0.3 is 9.47 Å². The minimum absolute atomic E-state index is 0.0567. The summed E-state index contributed by atoms with van der Waals surface area (Å²) in [6.07, 6.45) is 8.71. The van der Waals surface area contributed by atoms with Crippen LogP contribution in [0.4, 0.5) is 0 Å². The fraction of sp³-hybridized carbons (Fsp3) is 0.467. The van der Waals surface area contributed by atoms with E-state index in [4.69, 9.17) is 11.6 Å². The van der Waals surface area contributed by atoms with Gasteiger partial charge in [-0.15, -0.1) is 0 Å². The number of likely N-dealkylation sites (tertiary alicyclic amines) is 1. The number of rotatable bonds is 3. The average Bonchev–Trinajstić information content (AvgIpc) is 3.08. The Bertz CT molecular complexity index is 620. The molecule has 6 heteroatoms. The molecule has 1 aliphatic rings. The first-order valence-electron chi connectivity index (χ1n) is 7.25. The maximum atomic E-state index is 12.8.